The van der Waals surface area contributed by atoms with E-state index in [4.69, 9.17) is 9.47 Å². The number of carbonyl (C=O) groups is 2. The Kier molecular flexibility index (Phi) is 7.88. The second kappa shape index (κ2) is 11.0. The van der Waals surface area contributed by atoms with E-state index >= 15 is 0 Å². The van der Waals surface area contributed by atoms with Gasteiger partial charge in [0.1, 0.15) is 5.75 Å². The number of likely N-dealkylation sites (tertiary alicyclic amines) is 2. The number of hydrogen-bond acceptors (Lipinski definition) is 6. The van der Waals surface area contributed by atoms with Crippen LogP contribution >= 0.6 is 0 Å². The fourth-order valence-corrected chi connectivity index (χ4v) is 5.21. The van der Waals surface area contributed by atoms with Crippen LogP contribution in [0.15, 0.2) is 35.5 Å². The number of piperidine rings is 2. The predicted molar refractivity (Wildman–Crippen MR) is 126 cm³/mol. The van der Waals surface area contributed by atoms with Gasteiger partial charge in [-0.3, -0.25) is 4.90 Å². The van der Waals surface area contributed by atoms with Crippen LogP contribution in [0, 0.1) is 0 Å². The van der Waals surface area contributed by atoms with Crippen molar-refractivity contribution < 1.29 is 19.1 Å². The fraction of sp³-hybridized carbons (Fsp3) is 0.600. The molecular weight excluding hydrogens is 420 g/mol. The van der Waals surface area contributed by atoms with Crippen molar-refractivity contribution in [2.75, 3.05) is 46.4 Å². The highest BCUT2D eigenvalue weighted by Crippen LogP contribution is 2.31. The Hall–Kier alpha value is -2.58. The third-order valence-electron chi connectivity index (χ3n) is 6.92. The smallest absolute Gasteiger partial charge is 0.338 e. The molecule has 3 aliphatic heterocycles. The highest BCUT2D eigenvalue weighted by molar-refractivity contribution is 5.95. The quantitative estimate of drug-likeness (QED) is 0.614. The number of urea groups is 1. The van der Waals surface area contributed by atoms with Crippen molar-refractivity contribution in [1.29, 1.82) is 0 Å². The van der Waals surface area contributed by atoms with Crippen LogP contribution in [0.4, 0.5) is 4.79 Å². The molecule has 2 fully saturated rings. The third-order valence-corrected chi connectivity index (χ3v) is 6.92. The first-order valence-electron chi connectivity index (χ1n) is 12.2. The second-order valence-corrected chi connectivity index (χ2v) is 9.02. The number of amides is 2. The van der Waals surface area contributed by atoms with Gasteiger partial charge in [-0.25, -0.2) is 9.59 Å². The van der Waals surface area contributed by atoms with Crippen molar-refractivity contribution in [1.82, 2.24) is 20.4 Å². The summed E-state index contributed by atoms with van der Waals surface area (Å²) < 4.78 is 10.7. The van der Waals surface area contributed by atoms with Gasteiger partial charge in [-0.15, -0.1) is 0 Å². The van der Waals surface area contributed by atoms with Crippen molar-refractivity contribution in [3.63, 3.8) is 0 Å². The molecule has 1 aromatic carbocycles. The Balaban J connectivity index is 1.53. The lowest BCUT2D eigenvalue weighted by Crippen LogP contribution is -2.51. The third kappa shape index (κ3) is 5.68. The summed E-state index contributed by atoms with van der Waals surface area (Å²) in [5.41, 5.74) is 1.87. The van der Waals surface area contributed by atoms with E-state index in [0.717, 1.165) is 31.5 Å². The molecule has 0 spiro atoms. The summed E-state index contributed by atoms with van der Waals surface area (Å²) in [6.45, 7) is 6.92. The van der Waals surface area contributed by atoms with Gasteiger partial charge >= 0.3 is 12.0 Å². The van der Waals surface area contributed by atoms with E-state index in [1.807, 2.05) is 24.3 Å². The lowest BCUT2D eigenvalue weighted by atomic mass is 9.94. The minimum absolute atomic E-state index is 0.273. The summed E-state index contributed by atoms with van der Waals surface area (Å²) in [7, 11) is 1.60. The minimum Gasteiger partial charge on any atom is -0.497 e. The number of rotatable bonds is 7. The summed E-state index contributed by atoms with van der Waals surface area (Å²) in [6, 6.07) is 7.18. The summed E-state index contributed by atoms with van der Waals surface area (Å²) in [5.74, 6) is 0.265. The molecule has 0 saturated carbocycles. The maximum atomic E-state index is 13.0. The Bertz CT molecular complexity index is 873. The van der Waals surface area contributed by atoms with Crippen LogP contribution in [0.3, 0.4) is 0 Å². The standard InChI is InChI=1S/C25H36N4O4/c1-3-33-24(30)22-21(17-28-14-10-19(11-15-28)29-12-5-4-6-13-29)26-25(31)27-23(22)18-8-7-9-20(16-18)32-2/h7-9,16,19,23H,3-6,10-15,17H2,1-2H3,(H2,26,27,31). The highest BCUT2D eigenvalue weighted by atomic mass is 16.5. The summed E-state index contributed by atoms with van der Waals surface area (Å²) in [4.78, 5) is 30.6. The van der Waals surface area contributed by atoms with Crippen LogP contribution in [0.2, 0.25) is 0 Å². The molecule has 1 aromatic rings. The van der Waals surface area contributed by atoms with Gasteiger partial charge in [0.2, 0.25) is 0 Å². The van der Waals surface area contributed by atoms with E-state index in [0.29, 0.717) is 29.6 Å². The Morgan fingerprint density at radius 3 is 2.58 bits per heavy atom. The molecule has 33 heavy (non-hydrogen) atoms. The van der Waals surface area contributed by atoms with Gasteiger partial charge in [-0.05, 0) is 63.4 Å². The molecule has 2 saturated heterocycles. The van der Waals surface area contributed by atoms with E-state index in [1.165, 1.54) is 32.4 Å². The molecule has 0 aromatic heterocycles. The molecule has 4 rings (SSSR count). The molecule has 3 aliphatic rings. The topological polar surface area (TPSA) is 83.1 Å². The van der Waals surface area contributed by atoms with Crippen LogP contribution in [-0.2, 0) is 9.53 Å². The lowest BCUT2D eigenvalue weighted by molar-refractivity contribution is -0.139. The maximum absolute atomic E-state index is 13.0. The lowest BCUT2D eigenvalue weighted by Gasteiger charge is -2.41. The molecule has 2 N–H and O–H groups in total. The van der Waals surface area contributed by atoms with Crippen LogP contribution in [0.5, 0.6) is 5.75 Å². The van der Waals surface area contributed by atoms with Crippen LogP contribution in [0.1, 0.15) is 50.6 Å². The molecule has 0 bridgehead atoms. The van der Waals surface area contributed by atoms with Gasteiger partial charge in [0, 0.05) is 31.4 Å². The number of nitrogens with one attached hydrogen (secondary N) is 2. The maximum Gasteiger partial charge on any atom is 0.338 e. The summed E-state index contributed by atoms with van der Waals surface area (Å²) in [6.07, 6.45) is 6.20. The molecule has 0 aliphatic carbocycles. The van der Waals surface area contributed by atoms with Crippen molar-refractivity contribution in [2.24, 2.45) is 0 Å². The average molecular weight is 457 g/mol. The van der Waals surface area contributed by atoms with Gasteiger partial charge in [0.05, 0.1) is 25.3 Å². The summed E-state index contributed by atoms with van der Waals surface area (Å²) in [5, 5.41) is 5.80. The number of ether oxygens (including phenoxy) is 2. The zero-order valence-corrected chi connectivity index (χ0v) is 19.8. The van der Waals surface area contributed by atoms with Crippen molar-refractivity contribution in [3.8, 4) is 5.75 Å². The van der Waals surface area contributed by atoms with Gasteiger partial charge in [0.15, 0.2) is 0 Å². The zero-order valence-electron chi connectivity index (χ0n) is 19.8. The Morgan fingerprint density at radius 1 is 1.12 bits per heavy atom. The monoisotopic (exact) mass is 456 g/mol. The van der Waals surface area contributed by atoms with E-state index < -0.39 is 12.0 Å². The van der Waals surface area contributed by atoms with E-state index in [9.17, 15) is 9.59 Å². The van der Waals surface area contributed by atoms with E-state index in [-0.39, 0.29) is 12.6 Å². The number of methoxy groups -OCH3 is 1. The average Bonchev–Trinajstić information content (AvgIpc) is 2.85. The number of hydrogen-bond donors (Lipinski definition) is 2. The highest BCUT2D eigenvalue weighted by Gasteiger charge is 2.35. The summed E-state index contributed by atoms with van der Waals surface area (Å²) >= 11 is 0. The molecule has 2 amide bonds. The minimum atomic E-state index is -0.589. The van der Waals surface area contributed by atoms with Gasteiger partial charge in [-0.1, -0.05) is 18.6 Å². The van der Waals surface area contributed by atoms with Crippen molar-refractivity contribution in [2.45, 2.75) is 51.1 Å². The first-order valence-corrected chi connectivity index (χ1v) is 12.2. The molecule has 0 radical (unpaired) electrons. The van der Waals surface area contributed by atoms with Gasteiger partial charge in [-0.2, -0.15) is 0 Å². The zero-order chi connectivity index (χ0) is 23.2. The van der Waals surface area contributed by atoms with Crippen LogP contribution in [-0.4, -0.2) is 74.3 Å². The molecular formula is C25H36N4O4. The molecule has 8 nitrogen and oxygen atoms in total. The number of esters is 1. The number of carbonyl (C=O) groups excluding carboxylic acids is 2. The first-order chi connectivity index (χ1) is 16.1. The van der Waals surface area contributed by atoms with Gasteiger partial charge in [0.25, 0.3) is 0 Å². The number of nitrogens with zero attached hydrogens (tertiary/aromatic N) is 2. The molecule has 8 heteroatoms. The fourth-order valence-electron chi connectivity index (χ4n) is 5.21. The molecule has 1 atom stereocenters. The Morgan fingerprint density at radius 2 is 1.88 bits per heavy atom. The largest absolute Gasteiger partial charge is 0.497 e. The molecule has 3 heterocycles. The first kappa shape index (κ1) is 23.6. The van der Waals surface area contributed by atoms with E-state index in [1.54, 1.807) is 14.0 Å². The molecule has 1 unspecified atom stereocenters. The van der Waals surface area contributed by atoms with E-state index in [2.05, 4.69) is 20.4 Å². The van der Waals surface area contributed by atoms with Crippen LogP contribution < -0.4 is 15.4 Å². The SMILES string of the molecule is CCOC(=O)C1=C(CN2CCC(N3CCCCC3)CC2)NC(=O)NC1c1cccc(OC)c1. The van der Waals surface area contributed by atoms with Crippen molar-refractivity contribution >= 4 is 12.0 Å². The molecule has 180 valence electrons. The second-order valence-electron chi connectivity index (χ2n) is 9.02. The predicted octanol–water partition coefficient (Wildman–Crippen LogP) is 2.82. The van der Waals surface area contributed by atoms with Gasteiger partial charge < -0.3 is 25.0 Å². The van der Waals surface area contributed by atoms with Crippen molar-refractivity contribution in [3.05, 3.63) is 41.1 Å². The van der Waals surface area contributed by atoms with Crippen LogP contribution in [0.25, 0.3) is 0 Å². The Labute approximate surface area is 196 Å². The number of benzene rings is 1. The normalized spacial score (nSPS) is 23.1.